The second-order valence-electron chi connectivity index (χ2n) is 12.7. The van der Waals surface area contributed by atoms with Gasteiger partial charge in [-0.1, -0.05) is 107 Å². The number of aliphatic hydroxyl groups excluding tert-OH is 1. The molecule has 0 aliphatic heterocycles. The van der Waals surface area contributed by atoms with Crippen molar-refractivity contribution in [3.05, 3.63) is 0 Å². The van der Waals surface area contributed by atoms with Gasteiger partial charge in [0.25, 0.3) is 0 Å². The first-order chi connectivity index (χ1) is 20.5. The maximum Gasteiger partial charge on any atom is 0.0985 e. The van der Waals surface area contributed by atoms with Crippen LogP contribution >= 0.6 is 0 Å². The van der Waals surface area contributed by atoms with E-state index in [4.69, 9.17) is 5.11 Å². The fourth-order valence-electron chi connectivity index (χ4n) is 5.53. The Hall–Kier alpha value is -1.18. The molecule has 0 saturated heterocycles. The number of aliphatic carboxylic acids is 2. The van der Waals surface area contributed by atoms with Crippen LogP contribution in [0.5, 0.6) is 0 Å². The number of carboxylic acids is 2. The number of nitrogens with zero attached hydrogens (tertiary/aromatic N) is 2. The normalized spacial score (nSPS) is 12.1. The van der Waals surface area contributed by atoms with Crippen molar-refractivity contribution < 1.29 is 33.9 Å². The predicted molar refractivity (Wildman–Crippen MR) is 179 cm³/mol. The van der Waals surface area contributed by atoms with E-state index in [-0.39, 0.29) is 0 Å². The molecule has 0 radical (unpaired) electrons. The van der Waals surface area contributed by atoms with Crippen LogP contribution in [0.15, 0.2) is 0 Å². The van der Waals surface area contributed by atoms with Crippen LogP contribution in [0.25, 0.3) is 0 Å². The fourth-order valence-corrected chi connectivity index (χ4v) is 5.53. The van der Waals surface area contributed by atoms with Crippen LogP contribution < -0.4 is 10.2 Å². The number of carbonyl (C=O) groups is 2. The average molecular weight is 617 g/mol. The van der Waals surface area contributed by atoms with Crippen molar-refractivity contribution >= 4 is 11.9 Å². The summed E-state index contributed by atoms with van der Waals surface area (Å²) in [6.45, 7) is 30.0. The van der Waals surface area contributed by atoms with E-state index in [1.54, 1.807) is 0 Å². The predicted octanol–water partition coefficient (Wildman–Crippen LogP) is 6.24. The number of carbonyl (C=O) groups excluding carboxylic acids is 2. The van der Waals surface area contributed by atoms with E-state index >= 15 is 0 Å². The number of unbranched alkanes of at least 4 members (excludes halogenated alkanes) is 8. The van der Waals surface area contributed by atoms with Gasteiger partial charge >= 0.3 is 0 Å². The van der Waals surface area contributed by atoms with Crippen molar-refractivity contribution in [2.45, 2.75) is 171 Å². The zero-order valence-corrected chi connectivity index (χ0v) is 30.2. The van der Waals surface area contributed by atoms with Gasteiger partial charge < -0.3 is 33.9 Å². The Morgan fingerprint density at radius 1 is 0.465 bits per heavy atom. The number of aliphatic hydroxyl groups is 1. The van der Waals surface area contributed by atoms with Crippen molar-refractivity contribution in [1.82, 2.24) is 0 Å². The van der Waals surface area contributed by atoms with E-state index in [0.29, 0.717) is 0 Å². The van der Waals surface area contributed by atoms with Gasteiger partial charge in [-0.2, -0.15) is 0 Å². The molecule has 0 aromatic rings. The van der Waals surface area contributed by atoms with Crippen LogP contribution in [0, 0.1) is 0 Å². The lowest BCUT2D eigenvalue weighted by Crippen LogP contribution is -2.50. The number of quaternary nitrogens is 2. The smallest absolute Gasteiger partial charge is 0.0985 e. The molecular formula is C36H76N2O5. The molecule has 1 unspecified atom stereocenters. The Morgan fingerprint density at radius 3 is 0.744 bits per heavy atom. The molecule has 0 rings (SSSR count). The zero-order chi connectivity index (χ0) is 33.4. The zero-order valence-electron chi connectivity index (χ0n) is 30.2. The highest BCUT2D eigenvalue weighted by molar-refractivity contribution is 5.77. The van der Waals surface area contributed by atoms with Crippen LogP contribution in [0.4, 0.5) is 0 Å². The standard InChI is InChI=1S/2C16H36N.C4H6O5/c2*1-5-9-13-17(14-10-6-2,15-11-7-3)16-12-8-4;5-2(4(8)9)1-3(6)7/h2*5-16H2,1-4H3;2,5H,1H2,(H,6,7)(H,8,9)/q2*+1;/p-2. The molecule has 0 bridgehead atoms. The maximum atomic E-state index is 9.58. The number of hydrogen-bond donors (Lipinski definition) is 1. The lowest BCUT2D eigenvalue weighted by Gasteiger charge is -2.39. The molecule has 7 nitrogen and oxygen atoms in total. The van der Waals surface area contributed by atoms with Crippen LogP contribution in [-0.4, -0.2) is 84.5 Å². The highest BCUT2D eigenvalue weighted by Gasteiger charge is 2.25. The van der Waals surface area contributed by atoms with Crippen molar-refractivity contribution in [3.8, 4) is 0 Å². The summed E-state index contributed by atoms with van der Waals surface area (Å²) in [5.41, 5.74) is 0. The third kappa shape index (κ3) is 28.1. The highest BCUT2D eigenvalue weighted by atomic mass is 16.4. The van der Waals surface area contributed by atoms with Crippen LogP contribution in [0.3, 0.4) is 0 Å². The lowest BCUT2D eigenvalue weighted by atomic mass is 10.1. The Kier molecular flexibility index (Phi) is 34.6. The Labute approximate surface area is 268 Å². The minimum atomic E-state index is -1.96. The van der Waals surface area contributed by atoms with Crippen LogP contribution in [0.2, 0.25) is 0 Å². The minimum absolute atomic E-state index is 0.928. The van der Waals surface area contributed by atoms with Gasteiger partial charge in [0, 0.05) is 12.4 Å². The van der Waals surface area contributed by atoms with Gasteiger partial charge in [-0.25, -0.2) is 0 Å². The Balaban J connectivity index is -0.000000586. The molecule has 260 valence electrons. The lowest BCUT2D eigenvalue weighted by molar-refractivity contribution is -0.929. The van der Waals surface area contributed by atoms with Crippen molar-refractivity contribution in [1.29, 1.82) is 0 Å². The molecule has 43 heavy (non-hydrogen) atoms. The number of carboxylic acid groups (broad SMARTS) is 2. The summed E-state index contributed by atoms with van der Waals surface area (Å²) in [6, 6.07) is 0. The topological polar surface area (TPSA) is 100 Å². The van der Waals surface area contributed by atoms with E-state index in [1.165, 1.54) is 164 Å². The Bertz CT molecular complexity index is 503. The summed E-state index contributed by atoms with van der Waals surface area (Å²) in [5, 5.41) is 27.3. The molecule has 0 saturated carbocycles. The first-order valence-corrected chi connectivity index (χ1v) is 18.3. The van der Waals surface area contributed by atoms with Gasteiger partial charge in [0.05, 0.1) is 64.4 Å². The summed E-state index contributed by atoms with van der Waals surface area (Å²) in [5.74, 6) is -3.43. The molecule has 1 atom stereocenters. The van der Waals surface area contributed by atoms with Gasteiger partial charge in [0.1, 0.15) is 0 Å². The maximum absolute atomic E-state index is 9.58. The van der Waals surface area contributed by atoms with E-state index in [1.807, 2.05) is 0 Å². The van der Waals surface area contributed by atoms with Crippen molar-refractivity contribution in [2.75, 3.05) is 52.4 Å². The molecule has 0 spiro atoms. The van der Waals surface area contributed by atoms with Gasteiger partial charge in [-0.15, -0.1) is 0 Å². The van der Waals surface area contributed by atoms with Gasteiger partial charge in [0.2, 0.25) is 0 Å². The first kappa shape index (κ1) is 46.2. The van der Waals surface area contributed by atoms with E-state index in [9.17, 15) is 19.8 Å². The minimum Gasteiger partial charge on any atom is -0.550 e. The second kappa shape index (κ2) is 32.2. The summed E-state index contributed by atoms with van der Waals surface area (Å²) in [6.07, 6.45) is 19.2. The molecule has 0 amide bonds. The molecule has 0 aliphatic rings. The van der Waals surface area contributed by atoms with Crippen molar-refractivity contribution in [3.63, 3.8) is 0 Å². The summed E-state index contributed by atoms with van der Waals surface area (Å²) in [4.78, 5) is 19.1. The quantitative estimate of drug-likeness (QED) is 0.110. The van der Waals surface area contributed by atoms with Crippen LogP contribution in [-0.2, 0) is 9.59 Å². The number of rotatable bonds is 27. The van der Waals surface area contributed by atoms with E-state index in [0.717, 1.165) is 0 Å². The molecule has 0 heterocycles. The molecular weight excluding hydrogens is 540 g/mol. The average Bonchev–Trinajstić information content (AvgIpc) is 3.00. The number of hydrogen-bond acceptors (Lipinski definition) is 5. The fraction of sp³-hybridized carbons (Fsp3) is 0.944. The highest BCUT2D eigenvalue weighted by Crippen LogP contribution is 2.17. The van der Waals surface area contributed by atoms with Gasteiger partial charge in [-0.05, 0) is 51.4 Å². The Morgan fingerprint density at radius 2 is 0.651 bits per heavy atom. The van der Waals surface area contributed by atoms with Crippen LogP contribution in [0.1, 0.15) is 165 Å². The first-order valence-electron chi connectivity index (χ1n) is 18.3. The van der Waals surface area contributed by atoms with Gasteiger partial charge in [-0.3, -0.25) is 0 Å². The van der Waals surface area contributed by atoms with Gasteiger partial charge in [0.15, 0.2) is 0 Å². The summed E-state index contributed by atoms with van der Waals surface area (Å²) < 4.78 is 2.84. The summed E-state index contributed by atoms with van der Waals surface area (Å²) >= 11 is 0. The van der Waals surface area contributed by atoms with E-state index in [2.05, 4.69) is 55.4 Å². The largest absolute Gasteiger partial charge is 0.550 e. The SMILES string of the molecule is CCCC[N+](CCCC)(CCCC)CCCC.CCCC[N+](CCCC)(CCCC)CCCC.O=C([O-])CC(O)C(=O)[O-]. The summed E-state index contributed by atoms with van der Waals surface area (Å²) in [7, 11) is 0. The molecule has 0 aliphatic carbocycles. The molecule has 0 aromatic heterocycles. The molecule has 7 heteroatoms. The van der Waals surface area contributed by atoms with Crippen molar-refractivity contribution in [2.24, 2.45) is 0 Å². The third-order valence-electron chi connectivity index (χ3n) is 8.52. The molecule has 1 N–H and O–H groups in total. The molecule has 0 fully saturated rings. The van der Waals surface area contributed by atoms with E-state index < -0.39 is 24.5 Å². The molecule has 0 aromatic carbocycles. The monoisotopic (exact) mass is 617 g/mol. The third-order valence-corrected chi connectivity index (χ3v) is 8.52. The second-order valence-corrected chi connectivity index (χ2v) is 12.7.